The van der Waals surface area contributed by atoms with Crippen LogP contribution in [0.1, 0.15) is 27.2 Å². The molecule has 0 amide bonds. The summed E-state index contributed by atoms with van der Waals surface area (Å²) >= 11 is 3.35. The Morgan fingerprint density at radius 1 is 1.41 bits per heavy atom. The van der Waals surface area contributed by atoms with Crippen LogP contribution in [0.4, 0.5) is 0 Å². The predicted octanol–water partition coefficient (Wildman–Crippen LogP) is 1.85. The van der Waals surface area contributed by atoms with Crippen LogP contribution >= 0.6 is 15.9 Å². The van der Waals surface area contributed by atoms with Crippen LogP contribution in [0.15, 0.2) is 0 Å². The monoisotopic (exact) mass is 327 g/mol. The van der Waals surface area contributed by atoms with Crippen molar-refractivity contribution in [1.29, 1.82) is 0 Å². The summed E-state index contributed by atoms with van der Waals surface area (Å²) in [7, 11) is -3.15. The topological polar surface area (TPSA) is 46.6 Å². The van der Waals surface area contributed by atoms with Gasteiger partial charge >= 0.3 is 0 Å². The summed E-state index contributed by atoms with van der Waals surface area (Å²) < 4.78 is 31.4. The first-order valence-corrected chi connectivity index (χ1v) is 8.62. The molecule has 102 valence electrons. The first-order chi connectivity index (χ1) is 7.76. The number of halogens is 1. The van der Waals surface area contributed by atoms with Gasteiger partial charge in [0.1, 0.15) is 0 Å². The van der Waals surface area contributed by atoms with E-state index in [2.05, 4.69) is 36.7 Å². The minimum Gasteiger partial charge on any atom is -0.378 e. The van der Waals surface area contributed by atoms with Gasteiger partial charge in [-0.15, -0.1) is 0 Å². The van der Waals surface area contributed by atoms with Gasteiger partial charge in [-0.3, -0.25) is 0 Å². The summed E-state index contributed by atoms with van der Waals surface area (Å²) in [5, 5.41) is 0.627. The Hall–Kier alpha value is 0.350. The van der Waals surface area contributed by atoms with Crippen molar-refractivity contribution < 1.29 is 13.2 Å². The van der Waals surface area contributed by atoms with E-state index in [-0.39, 0.29) is 17.2 Å². The minimum absolute atomic E-state index is 0.0449. The van der Waals surface area contributed by atoms with Crippen molar-refractivity contribution in [2.45, 2.75) is 33.2 Å². The van der Waals surface area contributed by atoms with E-state index in [0.29, 0.717) is 31.5 Å². The van der Waals surface area contributed by atoms with Crippen molar-refractivity contribution in [2.75, 3.05) is 30.8 Å². The summed E-state index contributed by atoms with van der Waals surface area (Å²) in [5.74, 6) is 0.222. The molecule has 0 saturated carbocycles. The largest absolute Gasteiger partial charge is 0.378 e. The van der Waals surface area contributed by atoms with E-state index in [1.807, 2.05) is 0 Å². The van der Waals surface area contributed by atoms with E-state index >= 15 is 0 Å². The number of morpholine rings is 1. The second-order valence-corrected chi connectivity index (χ2v) is 8.31. The molecule has 0 spiro atoms. The normalized spacial score (nSPS) is 23.9. The Balaban J connectivity index is 2.68. The molecule has 1 atom stereocenters. The number of rotatable bonds is 4. The van der Waals surface area contributed by atoms with Crippen LogP contribution in [0.5, 0.6) is 0 Å². The SMILES string of the molecule is CC(C)(C)CCS(=O)(=O)N1CCOCC1CBr. The van der Waals surface area contributed by atoms with Gasteiger partial charge in [0.25, 0.3) is 0 Å². The number of ether oxygens (including phenoxy) is 1. The van der Waals surface area contributed by atoms with E-state index in [1.54, 1.807) is 4.31 Å². The van der Waals surface area contributed by atoms with Gasteiger partial charge in [0.05, 0.1) is 25.0 Å². The van der Waals surface area contributed by atoms with Gasteiger partial charge in [0, 0.05) is 11.9 Å². The Morgan fingerprint density at radius 3 is 2.59 bits per heavy atom. The summed E-state index contributed by atoms with van der Waals surface area (Å²) in [6.07, 6.45) is 0.682. The molecular formula is C11H22BrNO3S. The highest BCUT2D eigenvalue weighted by molar-refractivity contribution is 9.09. The standard InChI is InChI=1S/C11H22BrNO3S/c1-11(2,3)4-7-17(14,15)13-5-6-16-9-10(13)8-12/h10H,4-9H2,1-3H3. The van der Waals surface area contributed by atoms with Crippen molar-refractivity contribution in [3.8, 4) is 0 Å². The van der Waals surface area contributed by atoms with E-state index in [9.17, 15) is 8.42 Å². The van der Waals surface area contributed by atoms with E-state index in [0.717, 1.165) is 0 Å². The molecule has 4 nitrogen and oxygen atoms in total. The molecule has 17 heavy (non-hydrogen) atoms. The second-order valence-electron chi connectivity index (χ2n) is 5.62. The Bertz CT molecular complexity index is 337. The average Bonchev–Trinajstić information content (AvgIpc) is 2.26. The quantitative estimate of drug-likeness (QED) is 0.740. The fourth-order valence-electron chi connectivity index (χ4n) is 1.68. The van der Waals surface area contributed by atoms with Crippen LogP contribution in [0.3, 0.4) is 0 Å². The Labute approximate surface area is 113 Å². The third kappa shape index (κ3) is 4.85. The average molecular weight is 328 g/mol. The highest BCUT2D eigenvalue weighted by Gasteiger charge is 2.32. The van der Waals surface area contributed by atoms with Crippen molar-refractivity contribution in [2.24, 2.45) is 5.41 Å². The second kappa shape index (κ2) is 5.99. The minimum atomic E-state index is -3.15. The molecule has 1 aliphatic heterocycles. The number of alkyl halides is 1. The molecule has 1 rings (SSSR count). The Morgan fingerprint density at radius 2 is 2.06 bits per heavy atom. The molecule has 1 aliphatic rings. The summed E-state index contributed by atoms with van der Waals surface area (Å²) in [4.78, 5) is 0. The molecular weight excluding hydrogens is 306 g/mol. The molecule has 0 aliphatic carbocycles. The van der Waals surface area contributed by atoms with Gasteiger partial charge in [-0.25, -0.2) is 8.42 Å². The van der Waals surface area contributed by atoms with Crippen LogP contribution < -0.4 is 0 Å². The van der Waals surface area contributed by atoms with Crippen LogP contribution in [0.25, 0.3) is 0 Å². The van der Waals surface area contributed by atoms with Crippen LogP contribution in [-0.4, -0.2) is 49.6 Å². The van der Waals surface area contributed by atoms with E-state index in [4.69, 9.17) is 4.74 Å². The summed E-state index contributed by atoms with van der Waals surface area (Å²) in [5.41, 5.74) is 0.0449. The Kier molecular flexibility index (Phi) is 5.43. The highest BCUT2D eigenvalue weighted by Crippen LogP contribution is 2.22. The maximum absolute atomic E-state index is 12.3. The molecule has 1 fully saturated rings. The zero-order valence-electron chi connectivity index (χ0n) is 10.8. The first-order valence-electron chi connectivity index (χ1n) is 5.89. The molecule has 1 unspecified atom stereocenters. The van der Waals surface area contributed by atoms with E-state index < -0.39 is 10.0 Å². The summed E-state index contributed by atoms with van der Waals surface area (Å²) in [6, 6.07) is -0.0614. The van der Waals surface area contributed by atoms with Crippen molar-refractivity contribution in [3.63, 3.8) is 0 Å². The predicted molar refractivity (Wildman–Crippen MR) is 73.0 cm³/mol. The number of hydrogen-bond donors (Lipinski definition) is 0. The number of nitrogens with zero attached hydrogens (tertiary/aromatic N) is 1. The van der Waals surface area contributed by atoms with Crippen molar-refractivity contribution >= 4 is 26.0 Å². The smallest absolute Gasteiger partial charge is 0.214 e. The molecule has 0 aromatic rings. The maximum atomic E-state index is 12.3. The lowest BCUT2D eigenvalue weighted by Crippen LogP contribution is -2.50. The molecule has 0 N–H and O–H groups in total. The molecule has 0 bridgehead atoms. The fraction of sp³-hybridized carbons (Fsp3) is 1.00. The van der Waals surface area contributed by atoms with Crippen LogP contribution in [0, 0.1) is 5.41 Å². The van der Waals surface area contributed by atoms with Gasteiger partial charge in [-0.05, 0) is 11.8 Å². The van der Waals surface area contributed by atoms with Gasteiger partial charge < -0.3 is 4.74 Å². The summed E-state index contributed by atoms with van der Waals surface area (Å²) in [6.45, 7) is 7.64. The van der Waals surface area contributed by atoms with Gasteiger partial charge in [-0.2, -0.15) is 4.31 Å². The fourth-order valence-corrected chi connectivity index (χ4v) is 4.46. The van der Waals surface area contributed by atoms with Gasteiger partial charge in [0.2, 0.25) is 10.0 Å². The molecule has 1 heterocycles. The van der Waals surface area contributed by atoms with Crippen LogP contribution in [0.2, 0.25) is 0 Å². The molecule has 0 aromatic carbocycles. The molecule has 0 radical (unpaired) electrons. The van der Waals surface area contributed by atoms with E-state index in [1.165, 1.54) is 0 Å². The lowest BCUT2D eigenvalue weighted by molar-refractivity contribution is 0.0412. The molecule has 1 saturated heterocycles. The third-order valence-corrected chi connectivity index (χ3v) is 5.48. The van der Waals surface area contributed by atoms with Gasteiger partial charge in [-0.1, -0.05) is 36.7 Å². The van der Waals surface area contributed by atoms with Crippen molar-refractivity contribution in [1.82, 2.24) is 4.31 Å². The third-order valence-electron chi connectivity index (χ3n) is 2.82. The van der Waals surface area contributed by atoms with Crippen molar-refractivity contribution in [3.05, 3.63) is 0 Å². The van der Waals surface area contributed by atoms with Gasteiger partial charge in [0.15, 0.2) is 0 Å². The number of sulfonamides is 1. The zero-order chi connectivity index (χ0) is 13.1. The zero-order valence-corrected chi connectivity index (χ0v) is 13.2. The maximum Gasteiger partial charge on any atom is 0.214 e. The molecule has 0 aromatic heterocycles. The lowest BCUT2D eigenvalue weighted by Gasteiger charge is -2.34. The number of hydrogen-bond acceptors (Lipinski definition) is 3. The van der Waals surface area contributed by atoms with Crippen LogP contribution in [-0.2, 0) is 14.8 Å². The highest BCUT2D eigenvalue weighted by atomic mass is 79.9. The molecule has 6 heteroatoms. The first kappa shape index (κ1) is 15.4. The lowest BCUT2D eigenvalue weighted by atomic mass is 9.94.